The van der Waals surface area contributed by atoms with E-state index in [0.717, 1.165) is 11.5 Å². The van der Waals surface area contributed by atoms with Crippen molar-refractivity contribution in [1.82, 2.24) is 9.97 Å². The first-order valence-corrected chi connectivity index (χ1v) is 3.70. The van der Waals surface area contributed by atoms with Crippen LogP contribution in [0.3, 0.4) is 0 Å². The summed E-state index contributed by atoms with van der Waals surface area (Å²) >= 11 is 0. The van der Waals surface area contributed by atoms with E-state index in [-0.39, 0.29) is 0 Å². The largest absolute Gasteiger partial charge is 0.396 e. The second-order valence-electron chi connectivity index (χ2n) is 2.92. The van der Waals surface area contributed by atoms with Crippen LogP contribution in [-0.2, 0) is 0 Å². The van der Waals surface area contributed by atoms with Gasteiger partial charge in [0.15, 0.2) is 0 Å². The molecule has 1 aromatic heterocycles. The first kappa shape index (κ1) is 7.98. The fraction of sp³-hybridized carbons (Fsp3) is 0.500. The number of anilines is 1. The molecule has 0 bridgehead atoms. The van der Waals surface area contributed by atoms with Gasteiger partial charge in [0.1, 0.15) is 5.82 Å². The minimum absolute atomic E-state index is 0.370. The highest BCUT2D eigenvalue weighted by Gasteiger charge is 2.03. The van der Waals surface area contributed by atoms with E-state index >= 15 is 0 Å². The number of hydrogen-bond donors (Lipinski definition) is 1. The number of nitrogens with two attached hydrogens (primary N) is 1. The van der Waals surface area contributed by atoms with Crippen LogP contribution in [0.5, 0.6) is 0 Å². The average molecular weight is 151 g/mol. The van der Waals surface area contributed by atoms with Gasteiger partial charge in [0, 0.05) is 5.92 Å². The molecule has 0 unspecified atom stereocenters. The van der Waals surface area contributed by atoms with Gasteiger partial charge in [0.2, 0.25) is 0 Å². The monoisotopic (exact) mass is 151 g/mol. The zero-order valence-electron chi connectivity index (χ0n) is 7.13. The summed E-state index contributed by atoms with van der Waals surface area (Å²) in [6, 6.07) is 0. The molecule has 3 nitrogen and oxygen atoms in total. The predicted molar refractivity (Wildman–Crippen MR) is 45.3 cm³/mol. The minimum Gasteiger partial charge on any atom is -0.396 e. The van der Waals surface area contributed by atoms with Crippen molar-refractivity contribution in [2.45, 2.75) is 26.7 Å². The Kier molecular flexibility index (Phi) is 2.08. The fourth-order valence-corrected chi connectivity index (χ4v) is 0.773. The second-order valence-corrected chi connectivity index (χ2v) is 2.92. The van der Waals surface area contributed by atoms with E-state index < -0.39 is 0 Å². The van der Waals surface area contributed by atoms with Crippen molar-refractivity contribution in [3.05, 3.63) is 17.7 Å². The molecule has 0 saturated heterocycles. The fourth-order valence-electron chi connectivity index (χ4n) is 0.773. The summed E-state index contributed by atoms with van der Waals surface area (Å²) in [5, 5.41) is 0. The Balaban J connectivity index is 3.05. The second kappa shape index (κ2) is 2.86. The van der Waals surface area contributed by atoms with Gasteiger partial charge in [0.05, 0.1) is 17.6 Å². The van der Waals surface area contributed by atoms with Crippen LogP contribution in [0.1, 0.15) is 31.3 Å². The van der Waals surface area contributed by atoms with Crippen molar-refractivity contribution < 1.29 is 0 Å². The standard InChI is InChI=1S/C8H13N3/c1-5(2)8-10-4-7(9)6(3)11-8/h4-5H,9H2,1-3H3. The van der Waals surface area contributed by atoms with Gasteiger partial charge in [-0.3, -0.25) is 0 Å². The van der Waals surface area contributed by atoms with E-state index in [1.807, 2.05) is 6.92 Å². The van der Waals surface area contributed by atoms with E-state index in [0.29, 0.717) is 11.6 Å². The summed E-state index contributed by atoms with van der Waals surface area (Å²) in [5.74, 6) is 1.23. The van der Waals surface area contributed by atoms with Gasteiger partial charge in [0.25, 0.3) is 0 Å². The smallest absolute Gasteiger partial charge is 0.131 e. The molecule has 0 radical (unpaired) electrons. The maximum absolute atomic E-state index is 5.56. The minimum atomic E-state index is 0.370. The van der Waals surface area contributed by atoms with Crippen molar-refractivity contribution in [1.29, 1.82) is 0 Å². The molecule has 3 heteroatoms. The van der Waals surface area contributed by atoms with Crippen molar-refractivity contribution in [3.63, 3.8) is 0 Å². The maximum atomic E-state index is 5.56. The highest BCUT2D eigenvalue weighted by atomic mass is 14.9. The molecule has 2 N–H and O–H groups in total. The Morgan fingerprint density at radius 3 is 2.55 bits per heavy atom. The lowest BCUT2D eigenvalue weighted by Gasteiger charge is -2.04. The molecule has 0 atom stereocenters. The third-order valence-electron chi connectivity index (χ3n) is 1.55. The number of rotatable bonds is 1. The Labute approximate surface area is 66.7 Å². The molecular formula is C8H13N3. The molecule has 0 aliphatic carbocycles. The van der Waals surface area contributed by atoms with Gasteiger partial charge in [-0.15, -0.1) is 0 Å². The van der Waals surface area contributed by atoms with Crippen LogP contribution < -0.4 is 5.73 Å². The highest BCUT2D eigenvalue weighted by molar-refractivity contribution is 5.39. The van der Waals surface area contributed by atoms with Gasteiger partial charge < -0.3 is 5.73 Å². The van der Waals surface area contributed by atoms with Crippen LogP contribution in [0, 0.1) is 6.92 Å². The van der Waals surface area contributed by atoms with Gasteiger partial charge in [-0.25, -0.2) is 9.97 Å². The van der Waals surface area contributed by atoms with Crippen molar-refractivity contribution in [2.75, 3.05) is 5.73 Å². The zero-order chi connectivity index (χ0) is 8.43. The Morgan fingerprint density at radius 1 is 1.45 bits per heavy atom. The summed E-state index contributed by atoms with van der Waals surface area (Å²) in [6.07, 6.45) is 1.66. The average Bonchev–Trinajstić information content (AvgIpc) is 1.94. The topological polar surface area (TPSA) is 51.8 Å². The van der Waals surface area contributed by atoms with Crippen LogP contribution >= 0.6 is 0 Å². The lowest BCUT2D eigenvalue weighted by atomic mass is 10.2. The van der Waals surface area contributed by atoms with Crippen LogP contribution in [0.25, 0.3) is 0 Å². The summed E-state index contributed by atoms with van der Waals surface area (Å²) in [7, 11) is 0. The number of aromatic nitrogens is 2. The van der Waals surface area contributed by atoms with Crippen LogP contribution in [-0.4, -0.2) is 9.97 Å². The summed E-state index contributed by atoms with van der Waals surface area (Å²) in [5.41, 5.74) is 7.09. The Hall–Kier alpha value is -1.12. The normalized spacial score (nSPS) is 10.5. The Morgan fingerprint density at radius 2 is 2.09 bits per heavy atom. The lowest BCUT2D eigenvalue weighted by Crippen LogP contribution is -2.01. The van der Waals surface area contributed by atoms with Gasteiger partial charge >= 0.3 is 0 Å². The summed E-state index contributed by atoms with van der Waals surface area (Å²) in [4.78, 5) is 8.34. The van der Waals surface area contributed by atoms with Crippen molar-refractivity contribution in [3.8, 4) is 0 Å². The van der Waals surface area contributed by atoms with Crippen molar-refractivity contribution >= 4 is 5.69 Å². The van der Waals surface area contributed by atoms with E-state index in [1.54, 1.807) is 6.20 Å². The van der Waals surface area contributed by atoms with Crippen LogP contribution in [0.2, 0.25) is 0 Å². The molecule has 0 fully saturated rings. The van der Waals surface area contributed by atoms with Crippen molar-refractivity contribution in [2.24, 2.45) is 0 Å². The van der Waals surface area contributed by atoms with Gasteiger partial charge in [-0.05, 0) is 6.92 Å². The first-order valence-electron chi connectivity index (χ1n) is 3.70. The van der Waals surface area contributed by atoms with Gasteiger partial charge in [-0.1, -0.05) is 13.8 Å². The number of nitrogens with zero attached hydrogens (tertiary/aromatic N) is 2. The van der Waals surface area contributed by atoms with E-state index in [1.165, 1.54) is 0 Å². The summed E-state index contributed by atoms with van der Waals surface area (Å²) in [6.45, 7) is 6.01. The number of hydrogen-bond acceptors (Lipinski definition) is 3. The molecular weight excluding hydrogens is 138 g/mol. The van der Waals surface area contributed by atoms with Crippen LogP contribution in [0.15, 0.2) is 6.20 Å². The van der Waals surface area contributed by atoms with E-state index in [9.17, 15) is 0 Å². The van der Waals surface area contributed by atoms with Gasteiger partial charge in [-0.2, -0.15) is 0 Å². The molecule has 0 spiro atoms. The summed E-state index contributed by atoms with van der Waals surface area (Å²) < 4.78 is 0. The molecule has 0 saturated carbocycles. The molecule has 1 rings (SSSR count). The number of aryl methyl sites for hydroxylation is 1. The molecule has 0 amide bonds. The van der Waals surface area contributed by atoms with E-state index in [2.05, 4.69) is 23.8 Å². The molecule has 0 aromatic carbocycles. The maximum Gasteiger partial charge on any atom is 0.131 e. The third kappa shape index (κ3) is 1.67. The third-order valence-corrected chi connectivity index (χ3v) is 1.55. The van der Waals surface area contributed by atoms with Crippen LogP contribution in [0.4, 0.5) is 5.69 Å². The quantitative estimate of drug-likeness (QED) is 0.661. The molecule has 1 aromatic rings. The number of nitrogen functional groups attached to an aromatic ring is 1. The zero-order valence-corrected chi connectivity index (χ0v) is 7.13. The Bertz CT molecular complexity index is 256. The molecule has 1 heterocycles. The molecule has 0 aliphatic rings. The lowest BCUT2D eigenvalue weighted by molar-refractivity contribution is 0.768. The molecule has 60 valence electrons. The first-order chi connectivity index (χ1) is 5.11. The molecule has 11 heavy (non-hydrogen) atoms. The highest BCUT2D eigenvalue weighted by Crippen LogP contribution is 2.11. The molecule has 0 aliphatic heterocycles. The predicted octanol–water partition coefficient (Wildman–Crippen LogP) is 1.49. The SMILES string of the molecule is Cc1nc(C(C)C)ncc1N. The van der Waals surface area contributed by atoms with E-state index in [4.69, 9.17) is 5.73 Å².